The number of phenols is 5. The minimum Gasteiger partial charge on any atom is -0.507 e. The van der Waals surface area contributed by atoms with E-state index < -0.39 is 6.10 Å². The van der Waals surface area contributed by atoms with Gasteiger partial charge in [0.1, 0.15) is 5.75 Å². The number of aromatic nitrogens is 2. The fourth-order valence-corrected chi connectivity index (χ4v) is 15.2. The van der Waals surface area contributed by atoms with Gasteiger partial charge in [-0.2, -0.15) is 0 Å². The molecule has 8 N–H and O–H groups in total. The van der Waals surface area contributed by atoms with E-state index in [1.54, 1.807) is 24.3 Å². The van der Waals surface area contributed by atoms with Crippen LogP contribution in [-0.4, -0.2) is 52.8 Å². The van der Waals surface area contributed by atoms with Crippen LogP contribution in [0.15, 0.2) is 103 Å². The first kappa shape index (κ1) is 38.9. The molecule has 1 aromatic heterocycles. The number of aliphatic hydroxyl groups excluding tert-OH is 1. The predicted octanol–water partition coefficient (Wildman–Crippen LogP) is 9.58. The van der Waals surface area contributed by atoms with Gasteiger partial charge in [-0.1, -0.05) is 91.4 Å². The van der Waals surface area contributed by atoms with Gasteiger partial charge in [-0.25, -0.2) is 4.98 Å². The highest BCUT2D eigenvalue weighted by Gasteiger charge is 2.78. The van der Waals surface area contributed by atoms with E-state index in [1.165, 1.54) is 86.5 Å². The van der Waals surface area contributed by atoms with E-state index in [-0.39, 0.29) is 68.4 Å². The zero-order valence-electron chi connectivity index (χ0n) is 35.3. The molecular formula is C54H55N3O6. The van der Waals surface area contributed by atoms with Crippen LogP contribution in [0.25, 0.3) is 22.9 Å². The third kappa shape index (κ3) is 5.32. The minimum atomic E-state index is -0.530. The molecule has 2 spiro atoms. The number of allylic oxidation sites excluding steroid dienone is 2. The van der Waals surface area contributed by atoms with Gasteiger partial charge in [0, 0.05) is 28.6 Å². The van der Waals surface area contributed by atoms with Gasteiger partial charge >= 0.3 is 0 Å². The van der Waals surface area contributed by atoms with Gasteiger partial charge in [-0.15, -0.1) is 0 Å². The Morgan fingerprint density at radius 3 is 2.51 bits per heavy atom. The number of aromatic hydroxyl groups is 5. The Morgan fingerprint density at radius 1 is 0.778 bits per heavy atom. The Morgan fingerprint density at radius 2 is 1.65 bits per heavy atom. The smallest absolute Gasteiger partial charge is 0.169 e. The molecule has 9 nitrogen and oxygen atoms in total. The lowest BCUT2D eigenvalue weighted by atomic mass is 9.33. The van der Waals surface area contributed by atoms with Crippen LogP contribution in [0.2, 0.25) is 0 Å². The summed E-state index contributed by atoms with van der Waals surface area (Å²) in [5.41, 5.74) is 7.60. The normalized spacial score (nSPS) is 33.5. The molecule has 5 aromatic rings. The molecule has 4 aromatic carbocycles. The summed E-state index contributed by atoms with van der Waals surface area (Å²) in [4.78, 5) is 9.02. The Bertz CT molecular complexity index is 2800. The van der Waals surface area contributed by atoms with E-state index in [2.05, 4.69) is 64.9 Å². The highest BCUT2D eigenvalue weighted by Crippen LogP contribution is 2.79. The van der Waals surface area contributed by atoms with E-state index in [1.807, 2.05) is 12.4 Å². The molecule has 3 saturated carbocycles. The van der Waals surface area contributed by atoms with Crippen molar-refractivity contribution in [1.29, 1.82) is 0 Å². The summed E-state index contributed by atoms with van der Waals surface area (Å²) >= 11 is 0. The Labute approximate surface area is 367 Å². The number of benzene rings is 4. The number of rotatable bonds is 6. The number of H-pyrrole nitrogens is 1. The van der Waals surface area contributed by atoms with Crippen molar-refractivity contribution < 1.29 is 30.6 Å². The third-order valence-corrected chi connectivity index (χ3v) is 17.6. The van der Waals surface area contributed by atoms with E-state index in [0.717, 1.165) is 17.5 Å². The summed E-state index contributed by atoms with van der Waals surface area (Å²) in [5.74, 6) is 0.351. The number of aliphatic hydroxyl groups is 1. The van der Waals surface area contributed by atoms with E-state index in [4.69, 9.17) is 4.98 Å². The van der Waals surface area contributed by atoms with Gasteiger partial charge in [0.05, 0.1) is 29.6 Å². The molecule has 63 heavy (non-hydrogen) atoms. The molecular weight excluding hydrogens is 787 g/mol. The molecule has 0 saturated heterocycles. The van der Waals surface area contributed by atoms with Crippen molar-refractivity contribution in [3.8, 4) is 28.7 Å². The highest BCUT2D eigenvalue weighted by molar-refractivity contribution is 6.03. The van der Waals surface area contributed by atoms with Gasteiger partial charge in [-0.3, -0.25) is 5.32 Å². The van der Waals surface area contributed by atoms with E-state index in [0.29, 0.717) is 52.7 Å². The number of aromatic amines is 1. The first-order valence-electron chi connectivity index (χ1n) is 23.2. The highest BCUT2D eigenvalue weighted by atomic mass is 16.3. The van der Waals surface area contributed by atoms with Crippen LogP contribution in [-0.2, 0) is 24.7 Å². The number of hydrogen-bond acceptors (Lipinski definition) is 8. The molecule has 12 rings (SSSR count). The fourth-order valence-electron chi connectivity index (χ4n) is 15.2. The maximum absolute atomic E-state index is 12.6. The molecule has 6 aliphatic carbocycles. The molecule has 3 fully saturated rings. The molecule has 0 radical (unpaired) electrons. The topological polar surface area (TPSA) is 162 Å². The second kappa shape index (κ2) is 14.1. The van der Waals surface area contributed by atoms with Crippen LogP contribution in [0.1, 0.15) is 96.6 Å². The van der Waals surface area contributed by atoms with Crippen LogP contribution in [0.3, 0.4) is 0 Å². The van der Waals surface area contributed by atoms with Crippen molar-refractivity contribution in [2.24, 2.45) is 34.5 Å². The van der Waals surface area contributed by atoms with Crippen LogP contribution in [0.4, 0.5) is 0 Å². The summed E-state index contributed by atoms with van der Waals surface area (Å²) in [6, 6.07) is 18.2. The molecule has 7 aliphatic rings. The largest absolute Gasteiger partial charge is 0.507 e. The molecule has 322 valence electrons. The number of aryl methyl sites for hydroxylation is 2. The zero-order chi connectivity index (χ0) is 42.8. The second-order valence-corrected chi connectivity index (χ2v) is 19.9. The summed E-state index contributed by atoms with van der Waals surface area (Å²) in [6.45, 7) is 0. The van der Waals surface area contributed by atoms with Crippen molar-refractivity contribution in [3.63, 3.8) is 0 Å². The number of imidazole rings is 1. The van der Waals surface area contributed by atoms with Gasteiger partial charge in [-0.05, 0) is 144 Å². The first-order chi connectivity index (χ1) is 30.6. The number of hydrogen-bond donors (Lipinski definition) is 8. The van der Waals surface area contributed by atoms with Crippen molar-refractivity contribution >= 4 is 22.9 Å². The summed E-state index contributed by atoms with van der Waals surface area (Å²) in [6.07, 6.45) is 28.4. The van der Waals surface area contributed by atoms with Crippen LogP contribution < -0.4 is 5.32 Å². The Kier molecular flexibility index (Phi) is 8.71. The minimum absolute atomic E-state index is 0.00577. The fraction of sp³-hybridized carbons (Fsp3) is 0.389. The van der Waals surface area contributed by atoms with Gasteiger partial charge in [0.2, 0.25) is 0 Å². The lowest BCUT2D eigenvalue weighted by Crippen LogP contribution is -2.75. The first-order valence-corrected chi connectivity index (χ1v) is 23.2. The zero-order valence-corrected chi connectivity index (χ0v) is 35.3. The van der Waals surface area contributed by atoms with Crippen LogP contribution in [0.5, 0.6) is 28.7 Å². The summed E-state index contributed by atoms with van der Waals surface area (Å²) in [5, 5.41) is 71.0. The molecule has 9 heteroatoms. The quantitative estimate of drug-likeness (QED) is 0.0477. The van der Waals surface area contributed by atoms with Crippen molar-refractivity contribution in [2.75, 3.05) is 0 Å². The third-order valence-electron chi connectivity index (χ3n) is 17.6. The average molecular weight is 842 g/mol. The molecule has 10 atom stereocenters. The lowest BCUT2D eigenvalue weighted by molar-refractivity contribution is -0.175. The number of phenolic OH excluding ortho intramolecular Hbond substituents is 5. The van der Waals surface area contributed by atoms with Crippen LogP contribution in [0, 0.1) is 34.5 Å². The van der Waals surface area contributed by atoms with Crippen molar-refractivity contribution in [1.82, 2.24) is 15.3 Å². The van der Waals surface area contributed by atoms with Crippen LogP contribution >= 0.6 is 0 Å². The van der Waals surface area contributed by atoms with Crippen molar-refractivity contribution in [3.05, 3.63) is 142 Å². The number of fused-ring (bicyclic) bond motifs is 3. The molecule has 0 amide bonds. The Balaban J connectivity index is 0.891. The maximum atomic E-state index is 12.6. The molecule has 0 bridgehead atoms. The number of nitrogens with zero attached hydrogens (tertiary/aromatic N) is 1. The summed E-state index contributed by atoms with van der Waals surface area (Å²) < 4.78 is 0. The van der Waals surface area contributed by atoms with Gasteiger partial charge in [0.15, 0.2) is 23.0 Å². The second-order valence-electron chi connectivity index (χ2n) is 19.9. The van der Waals surface area contributed by atoms with E-state index in [9.17, 15) is 30.6 Å². The Hall–Kier alpha value is -5.77. The monoisotopic (exact) mass is 841 g/mol. The summed E-state index contributed by atoms with van der Waals surface area (Å²) in [7, 11) is 0. The van der Waals surface area contributed by atoms with Crippen molar-refractivity contribution in [2.45, 2.75) is 94.2 Å². The predicted molar refractivity (Wildman–Crippen MR) is 243 cm³/mol. The van der Waals surface area contributed by atoms with E-state index >= 15 is 0 Å². The number of nitrogens with one attached hydrogen (secondary N) is 2. The molecule has 2 heterocycles. The van der Waals surface area contributed by atoms with Gasteiger partial charge in [0.25, 0.3) is 0 Å². The molecule has 1 aliphatic heterocycles. The molecule has 0 unspecified atom stereocenters. The van der Waals surface area contributed by atoms with Gasteiger partial charge < -0.3 is 35.6 Å². The maximum Gasteiger partial charge on any atom is 0.169 e. The average Bonchev–Trinajstić information content (AvgIpc) is 4.02. The lowest BCUT2D eigenvalue weighted by Gasteiger charge is -2.71. The standard InChI is InChI=1S/C54H55N3O6/c58-42-22-10-31(27-45(42)61)9-18-37-38-4-1-5-43(59)46(38)48(63)47(62)39(37)19-8-30-6-11-32(12-7-30)40-20-13-33-28-36-15-14-35-16-21-41-51(56-29-55-41)54(50(33)57-40)49-44(60)23-17-34-3-2-24-52(34,49)25-26-53(35,36)54/h1,4-7,9-13,17-18,20,22-23,27-29,34-36,40,44,49-50,57-63H,2-3,8,14-16,19,21,24-26H2,(H,55,56)/b18-9+/t34-,35-,36-,40+,44-,49+,50+,52-,53-,54-/m0/s1. The SMILES string of the molecule is Oc1ccc(/C=C/c2c(CCc3ccc([C@H]4C=CC5=C[C@@H]6CC[C@H]7CCc8[nH]cnc8[C@@]8([C@@H]5N4)[C@@H]4[C@@H](O)C=C[C@@H]5CCC[C@]54CC[C@]768)cc3)c(O)c(O)c3c(O)cccc23)cc1O.